The van der Waals surface area contributed by atoms with Crippen LogP contribution in [-0.2, 0) is 11.0 Å². The van der Waals surface area contributed by atoms with Crippen molar-refractivity contribution in [1.29, 1.82) is 0 Å². The summed E-state index contributed by atoms with van der Waals surface area (Å²) < 4.78 is 49.1. The van der Waals surface area contributed by atoms with Gasteiger partial charge in [-0.25, -0.2) is 4.79 Å². The fourth-order valence-electron chi connectivity index (χ4n) is 2.11. The lowest BCUT2D eigenvalue weighted by molar-refractivity contribution is -0.137. The molecule has 1 N–H and O–H groups in total. The molecule has 0 amide bonds. The van der Waals surface area contributed by atoms with Gasteiger partial charge in [0.2, 0.25) is 5.89 Å². The number of hydrogen-bond acceptors (Lipinski definition) is 6. The highest BCUT2D eigenvalue weighted by Gasteiger charge is 2.30. The molecule has 0 unspecified atom stereocenters. The molecule has 10 heteroatoms. The van der Waals surface area contributed by atoms with E-state index in [1.165, 1.54) is 30.3 Å². The number of nitrogens with zero attached hydrogens (tertiary/aromatic N) is 2. The zero-order valence-corrected chi connectivity index (χ0v) is 14.5. The Kier molecular flexibility index (Phi) is 5.08. The second-order valence-electron chi connectivity index (χ2n) is 5.28. The minimum absolute atomic E-state index is 0.0470. The topological polar surface area (TPSA) is 89.4 Å². The van der Waals surface area contributed by atoms with Gasteiger partial charge in [-0.2, -0.15) is 13.2 Å². The summed E-state index contributed by atoms with van der Waals surface area (Å²) in [6, 6.07) is 7.57. The molecular formula is C17H11F3N2O4S. The summed E-state index contributed by atoms with van der Waals surface area (Å²) in [4.78, 5) is 11.3. The molecule has 0 radical (unpaired) electrons. The Bertz CT molecular complexity index is 1010. The summed E-state index contributed by atoms with van der Waals surface area (Å²) in [5.41, 5.74) is -0.580. The standard InChI is InChI=1S/C17H11F3N2O4S/c1-9-21-22-16(25-9)27-14(15(23)24)8-12-5-6-13(26-12)10-3-2-4-11(7-10)17(18,19)20/h2-8H,1H3,(H,23,24)/b14-8+. The number of aryl methyl sites for hydroxylation is 1. The Morgan fingerprint density at radius 1 is 1.19 bits per heavy atom. The van der Waals surface area contributed by atoms with E-state index in [1.54, 1.807) is 6.92 Å². The highest BCUT2D eigenvalue weighted by atomic mass is 32.2. The van der Waals surface area contributed by atoms with Gasteiger partial charge in [0.1, 0.15) is 16.4 Å². The predicted molar refractivity (Wildman–Crippen MR) is 89.7 cm³/mol. The first-order valence-electron chi connectivity index (χ1n) is 7.43. The molecule has 0 aliphatic carbocycles. The molecule has 0 spiro atoms. The molecule has 2 aromatic heterocycles. The Morgan fingerprint density at radius 3 is 2.59 bits per heavy atom. The van der Waals surface area contributed by atoms with Crippen molar-refractivity contribution in [2.45, 2.75) is 18.3 Å². The van der Waals surface area contributed by atoms with Crippen LogP contribution in [0.5, 0.6) is 0 Å². The SMILES string of the molecule is Cc1nnc(S/C(=C/c2ccc(-c3cccc(C(F)(F)F)c3)o2)C(=O)O)o1. The molecule has 3 aromatic rings. The molecule has 0 fully saturated rings. The van der Waals surface area contributed by atoms with Crippen molar-refractivity contribution >= 4 is 23.8 Å². The highest BCUT2D eigenvalue weighted by Crippen LogP contribution is 2.33. The van der Waals surface area contributed by atoms with E-state index in [2.05, 4.69) is 10.2 Å². The zero-order valence-electron chi connectivity index (χ0n) is 13.6. The molecule has 0 saturated heterocycles. The Balaban J connectivity index is 1.87. The van der Waals surface area contributed by atoms with Gasteiger partial charge in [0.15, 0.2) is 0 Å². The van der Waals surface area contributed by atoms with Gasteiger partial charge in [-0.1, -0.05) is 12.1 Å². The van der Waals surface area contributed by atoms with Crippen LogP contribution in [-0.4, -0.2) is 21.3 Å². The smallest absolute Gasteiger partial charge is 0.416 e. The quantitative estimate of drug-likeness (QED) is 0.486. The third-order valence-corrected chi connectivity index (χ3v) is 4.14. The number of alkyl halides is 3. The monoisotopic (exact) mass is 396 g/mol. The minimum Gasteiger partial charge on any atom is -0.477 e. The first-order valence-corrected chi connectivity index (χ1v) is 8.24. The maximum Gasteiger partial charge on any atom is 0.416 e. The van der Waals surface area contributed by atoms with Crippen LogP contribution in [0, 0.1) is 6.92 Å². The van der Waals surface area contributed by atoms with Crippen molar-refractivity contribution in [2.75, 3.05) is 0 Å². The van der Waals surface area contributed by atoms with Crippen LogP contribution in [0.1, 0.15) is 17.2 Å². The molecule has 0 aliphatic heterocycles. The number of carboxylic acids is 1. The van der Waals surface area contributed by atoms with E-state index in [0.717, 1.165) is 23.9 Å². The Labute approximate surface area is 154 Å². The number of hydrogen-bond donors (Lipinski definition) is 1. The first-order chi connectivity index (χ1) is 12.7. The number of aromatic nitrogens is 2. The molecule has 6 nitrogen and oxygen atoms in total. The van der Waals surface area contributed by atoms with E-state index in [9.17, 15) is 23.1 Å². The van der Waals surface area contributed by atoms with Crippen LogP contribution in [0.3, 0.4) is 0 Å². The van der Waals surface area contributed by atoms with Crippen molar-refractivity contribution < 1.29 is 31.9 Å². The predicted octanol–water partition coefficient (Wildman–Crippen LogP) is 4.87. The van der Waals surface area contributed by atoms with Gasteiger partial charge in [0, 0.05) is 18.6 Å². The molecule has 0 aliphatic rings. The van der Waals surface area contributed by atoms with Gasteiger partial charge in [-0.15, -0.1) is 10.2 Å². The average Bonchev–Trinajstić information content (AvgIpc) is 3.23. The van der Waals surface area contributed by atoms with Crippen molar-refractivity contribution in [3.05, 3.63) is 58.5 Å². The van der Waals surface area contributed by atoms with E-state index < -0.39 is 17.7 Å². The lowest BCUT2D eigenvalue weighted by Gasteiger charge is -2.07. The number of carbonyl (C=O) groups is 1. The normalized spacial score (nSPS) is 12.4. The molecule has 0 saturated carbocycles. The molecule has 0 bridgehead atoms. The molecule has 140 valence electrons. The lowest BCUT2D eigenvalue weighted by atomic mass is 10.1. The first kappa shape index (κ1) is 18.8. The maximum absolute atomic E-state index is 12.8. The van der Waals surface area contributed by atoms with Crippen LogP contribution in [0.25, 0.3) is 17.4 Å². The van der Waals surface area contributed by atoms with Crippen molar-refractivity contribution in [2.24, 2.45) is 0 Å². The third-order valence-electron chi connectivity index (χ3n) is 3.29. The fraction of sp³-hybridized carbons (Fsp3) is 0.118. The molecule has 27 heavy (non-hydrogen) atoms. The maximum atomic E-state index is 12.8. The van der Waals surface area contributed by atoms with Gasteiger partial charge in [-0.3, -0.25) is 0 Å². The average molecular weight is 396 g/mol. The number of aliphatic carboxylic acids is 1. The molecule has 1 aromatic carbocycles. The van der Waals surface area contributed by atoms with Gasteiger partial charge in [0.25, 0.3) is 5.22 Å². The fourth-order valence-corrected chi connectivity index (χ4v) is 2.81. The summed E-state index contributed by atoms with van der Waals surface area (Å²) in [5, 5.41) is 16.7. The number of thioether (sulfide) groups is 1. The van der Waals surface area contributed by atoms with Crippen LogP contribution in [0.4, 0.5) is 13.2 Å². The summed E-state index contributed by atoms with van der Waals surface area (Å²) in [7, 11) is 0. The van der Waals surface area contributed by atoms with Crippen LogP contribution in [0.2, 0.25) is 0 Å². The van der Waals surface area contributed by atoms with E-state index in [-0.39, 0.29) is 33.1 Å². The zero-order chi connectivity index (χ0) is 19.6. The molecule has 0 atom stereocenters. The van der Waals surface area contributed by atoms with E-state index >= 15 is 0 Å². The summed E-state index contributed by atoms with van der Waals surface area (Å²) in [6.45, 7) is 1.56. The van der Waals surface area contributed by atoms with E-state index in [4.69, 9.17) is 8.83 Å². The second kappa shape index (κ2) is 7.31. The van der Waals surface area contributed by atoms with Crippen LogP contribution in [0.15, 0.2) is 55.4 Å². The van der Waals surface area contributed by atoms with Crippen LogP contribution >= 0.6 is 11.8 Å². The summed E-state index contributed by atoms with van der Waals surface area (Å²) in [6.07, 6.45) is -3.25. The number of furan rings is 1. The van der Waals surface area contributed by atoms with Gasteiger partial charge >= 0.3 is 12.1 Å². The largest absolute Gasteiger partial charge is 0.477 e. The van der Waals surface area contributed by atoms with E-state index in [1.807, 2.05) is 0 Å². The Hall–Kier alpha value is -3.01. The third kappa shape index (κ3) is 4.59. The number of halogens is 3. The summed E-state index contributed by atoms with van der Waals surface area (Å²) in [5.74, 6) is -0.626. The molecule has 2 heterocycles. The minimum atomic E-state index is -4.47. The highest BCUT2D eigenvalue weighted by molar-refractivity contribution is 8.03. The van der Waals surface area contributed by atoms with Crippen molar-refractivity contribution in [1.82, 2.24) is 10.2 Å². The Morgan fingerprint density at radius 2 is 1.96 bits per heavy atom. The molecular weight excluding hydrogens is 385 g/mol. The van der Waals surface area contributed by atoms with Crippen molar-refractivity contribution in [3.63, 3.8) is 0 Å². The van der Waals surface area contributed by atoms with Crippen LogP contribution < -0.4 is 0 Å². The van der Waals surface area contributed by atoms with Crippen molar-refractivity contribution in [3.8, 4) is 11.3 Å². The van der Waals surface area contributed by atoms with E-state index in [0.29, 0.717) is 0 Å². The van der Waals surface area contributed by atoms with Gasteiger partial charge < -0.3 is 13.9 Å². The summed E-state index contributed by atoms with van der Waals surface area (Å²) >= 11 is 0.736. The lowest BCUT2D eigenvalue weighted by Crippen LogP contribution is -2.04. The van der Waals surface area contributed by atoms with Gasteiger partial charge in [-0.05, 0) is 36.0 Å². The number of carboxylic acid groups (broad SMARTS) is 1. The molecule has 3 rings (SSSR count). The second-order valence-corrected chi connectivity index (χ2v) is 6.28. The number of rotatable bonds is 5. The number of benzene rings is 1. The van der Waals surface area contributed by atoms with Gasteiger partial charge in [0.05, 0.1) is 5.56 Å².